The van der Waals surface area contributed by atoms with Gasteiger partial charge in [0.2, 0.25) is 5.95 Å². The number of imidazole rings is 1. The fourth-order valence-electron chi connectivity index (χ4n) is 3.99. The summed E-state index contributed by atoms with van der Waals surface area (Å²) >= 11 is 6.76. The third kappa shape index (κ3) is 4.29. The minimum absolute atomic E-state index is 0.0492. The molecule has 11 heteroatoms. The largest absolute Gasteiger partial charge is 0.390 e. The van der Waals surface area contributed by atoms with Gasteiger partial charge in [0.25, 0.3) is 0 Å². The van der Waals surface area contributed by atoms with Crippen LogP contribution in [0.1, 0.15) is 42.5 Å². The number of hydrogen-bond donors (Lipinski definition) is 3. The van der Waals surface area contributed by atoms with Crippen molar-refractivity contribution >= 4 is 34.7 Å². The molecular weight excluding hydrogens is 442 g/mol. The van der Waals surface area contributed by atoms with Gasteiger partial charge in [0, 0.05) is 25.7 Å². The fourth-order valence-corrected chi connectivity index (χ4v) is 4.33. The molecule has 1 unspecified atom stereocenters. The van der Waals surface area contributed by atoms with Crippen LogP contribution in [-0.2, 0) is 0 Å². The van der Waals surface area contributed by atoms with E-state index in [1.807, 2.05) is 6.92 Å². The Balaban J connectivity index is 1.49. The van der Waals surface area contributed by atoms with Crippen LogP contribution >= 0.6 is 11.6 Å². The Kier molecular flexibility index (Phi) is 5.51. The monoisotopic (exact) mass is 463 g/mol. The highest BCUT2D eigenvalue weighted by molar-refractivity contribution is 6.34. The van der Waals surface area contributed by atoms with Crippen molar-refractivity contribution in [2.75, 3.05) is 30.3 Å². The highest BCUT2D eigenvalue weighted by Gasteiger charge is 2.27. The normalized spacial score (nSPS) is 17.2. The lowest BCUT2D eigenvalue weighted by molar-refractivity contribution is -0.000315. The third-order valence-electron chi connectivity index (χ3n) is 5.87. The first-order valence-electron chi connectivity index (χ1n) is 10.8. The van der Waals surface area contributed by atoms with Gasteiger partial charge in [-0.15, -0.1) is 5.10 Å². The average Bonchev–Trinajstić information content (AvgIpc) is 3.50. The first-order chi connectivity index (χ1) is 15.9. The number of benzene rings is 1. The number of hydrogen-bond acceptors (Lipinski definition) is 9. The molecule has 3 N–H and O–H groups in total. The summed E-state index contributed by atoms with van der Waals surface area (Å²) in [6, 6.07) is 8.06. The molecule has 33 heavy (non-hydrogen) atoms. The second-order valence-electron chi connectivity index (χ2n) is 8.63. The number of aliphatic hydroxyl groups is 1. The number of nitrogens with zero attached hydrogens (tertiary/aromatic N) is 7. The topological polar surface area (TPSA) is 138 Å². The summed E-state index contributed by atoms with van der Waals surface area (Å²) in [5.74, 6) is 0.823. The molecule has 1 aliphatic carbocycles. The summed E-state index contributed by atoms with van der Waals surface area (Å²) in [6.07, 6.45) is 3.29. The predicted octanol–water partition coefficient (Wildman–Crippen LogP) is 2.62. The Bertz CT molecular complexity index is 1300. The number of aliphatic hydroxyl groups excluding tert-OH is 1. The van der Waals surface area contributed by atoms with Gasteiger partial charge < -0.3 is 15.7 Å². The number of β-amino-alcohol motifs (C(OH)–C–C–N with tert-alkyl or cyclic N) is 1. The molecule has 5 rings (SSSR count). The highest BCUT2D eigenvalue weighted by atomic mass is 35.5. The standard InChI is InChI=1S/C22H22ClN9O/c1-12(9-31-10-16(33)11-31)17-4-13(6-24)5-18(19(17)23)28-22-29-20(27-14-2-3-14)21-26-8-15(7-25)32(21)30-22/h4-5,8,12,14,16,33H,2-3,9-11H2,1H3,(H2,27,28,29,30). The van der Waals surface area contributed by atoms with Crippen molar-refractivity contribution in [3.05, 3.63) is 40.2 Å². The molecule has 1 atom stereocenters. The van der Waals surface area contributed by atoms with Crippen LogP contribution in [-0.4, -0.2) is 61.4 Å². The van der Waals surface area contributed by atoms with E-state index in [0.29, 0.717) is 46.9 Å². The predicted molar refractivity (Wildman–Crippen MR) is 122 cm³/mol. The van der Waals surface area contributed by atoms with E-state index in [1.165, 1.54) is 10.7 Å². The molecular formula is C22H22ClN9O. The molecule has 168 valence electrons. The number of anilines is 3. The van der Waals surface area contributed by atoms with Gasteiger partial charge in [-0.3, -0.25) is 4.90 Å². The first-order valence-corrected chi connectivity index (χ1v) is 11.2. The molecule has 2 aliphatic rings. The molecule has 3 aromatic rings. The maximum absolute atomic E-state index is 9.58. The number of aromatic nitrogens is 4. The molecule has 2 fully saturated rings. The summed E-state index contributed by atoms with van der Waals surface area (Å²) in [5, 5.41) is 39.9. The van der Waals surface area contributed by atoms with E-state index >= 15 is 0 Å². The minimum atomic E-state index is -0.276. The number of nitrogens with one attached hydrogen (secondary N) is 2. The van der Waals surface area contributed by atoms with Crippen LogP contribution in [0, 0.1) is 22.7 Å². The van der Waals surface area contributed by atoms with Crippen LogP contribution in [0.15, 0.2) is 18.3 Å². The van der Waals surface area contributed by atoms with E-state index in [0.717, 1.165) is 24.9 Å². The number of rotatable bonds is 7. The Morgan fingerprint density at radius 2 is 2.06 bits per heavy atom. The van der Waals surface area contributed by atoms with Crippen molar-refractivity contribution in [2.24, 2.45) is 0 Å². The molecule has 3 heterocycles. The van der Waals surface area contributed by atoms with Crippen LogP contribution < -0.4 is 10.6 Å². The van der Waals surface area contributed by atoms with Crippen molar-refractivity contribution in [3.63, 3.8) is 0 Å². The van der Waals surface area contributed by atoms with Crippen LogP contribution in [0.2, 0.25) is 5.02 Å². The Morgan fingerprint density at radius 1 is 1.27 bits per heavy atom. The van der Waals surface area contributed by atoms with Gasteiger partial charge >= 0.3 is 0 Å². The molecule has 0 radical (unpaired) electrons. The van der Waals surface area contributed by atoms with Crippen molar-refractivity contribution < 1.29 is 5.11 Å². The average molecular weight is 464 g/mol. The maximum atomic E-state index is 9.58. The van der Waals surface area contributed by atoms with Gasteiger partial charge in [0.1, 0.15) is 6.07 Å². The van der Waals surface area contributed by atoms with Crippen molar-refractivity contribution in [2.45, 2.75) is 37.8 Å². The van der Waals surface area contributed by atoms with Gasteiger partial charge in [0.15, 0.2) is 17.2 Å². The summed E-state index contributed by atoms with van der Waals surface area (Å²) in [4.78, 5) is 11.0. The maximum Gasteiger partial charge on any atom is 0.247 e. The van der Waals surface area contributed by atoms with Gasteiger partial charge in [-0.2, -0.15) is 20.0 Å². The van der Waals surface area contributed by atoms with E-state index in [2.05, 4.69) is 42.7 Å². The first kappa shape index (κ1) is 21.4. The second-order valence-corrected chi connectivity index (χ2v) is 9.01. The lowest BCUT2D eigenvalue weighted by Crippen LogP contribution is -2.51. The number of halogens is 1. The van der Waals surface area contributed by atoms with Crippen LogP contribution in [0.3, 0.4) is 0 Å². The zero-order valence-corrected chi connectivity index (χ0v) is 18.7. The van der Waals surface area contributed by atoms with Crippen molar-refractivity contribution in [1.29, 1.82) is 10.5 Å². The van der Waals surface area contributed by atoms with E-state index < -0.39 is 0 Å². The molecule has 1 aromatic carbocycles. The lowest BCUT2D eigenvalue weighted by Gasteiger charge is -2.37. The second kappa shape index (κ2) is 8.49. The lowest BCUT2D eigenvalue weighted by atomic mass is 9.96. The Hall–Kier alpha value is -3.44. The summed E-state index contributed by atoms with van der Waals surface area (Å²) in [6.45, 7) is 4.05. The number of nitriles is 2. The highest BCUT2D eigenvalue weighted by Crippen LogP contribution is 2.35. The van der Waals surface area contributed by atoms with Gasteiger partial charge in [-0.25, -0.2) is 4.98 Å². The zero-order chi connectivity index (χ0) is 23.1. The molecule has 2 aromatic heterocycles. The smallest absolute Gasteiger partial charge is 0.247 e. The number of likely N-dealkylation sites (tertiary alicyclic amines) is 1. The van der Waals surface area contributed by atoms with Gasteiger partial charge in [0.05, 0.1) is 34.6 Å². The molecule has 0 spiro atoms. The SMILES string of the molecule is CC(CN1CC(O)C1)c1cc(C#N)cc(Nc2nc(NC3CC3)c3ncc(C#N)n3n2)c1Cl. The van der Waals surface area contributed by atoms with Crippen LogP contribution in [0.5, 0.6) is 0 Å². The number of fused-ring (bicyclic) bond motifs is 1. The third-order valence-corrected chi connectivity index (χ3v) is 6.29. The molecule has 0 bridgehead atoms. The van der Waals surface area contributed by atoms with Crippen molar-refractivity contribution in [1.82, 2.24) is 24.5 Å². The Labute approximate surface area is 195 Å². The van der Waals surface area contributed by atoms with Crippen molar-refractivity contribution in [3.8, 4) is 12.1 Å². The molecule has 1 saturated carbocycles. The molecule has 1 aliphatic heterocycles. The van der Waals surface area contributed by atoms with Crippen LogP contribution in [0.25, 0.3) is 5.65 Å². The minimum Gasteiger partial charge on any atom is -0.390 e. The van der Waals surface area contributed by atoms with Gasteiger partial charge in [-0.05, 0) is 36.5 Å². The fraction of sp³-hybridized carbons (Fsp3) is 0.409. The quantitative estimate of drug-likeness (QED) is 0.482. The van der Waals surface area contributed by atoms with E-state index in [1.54, 1.807) is 12.1 Å². The van der Waals surface area contributed by atoms with Gasteiger partial charge in [-0.1, -0.05) is 18.5 Å². The molecule has 0 amide bonds. The molecule has 1 saturated heterocycles. The van der Waals surface area contributed by atoms with E-state index in [-0.39, 0.29) is 23.7 Å². The van der Waals surface area contributed by atoms with E-state index in [4.69, 9.17) is 11.6 Å². The van der Waals surface area contributed by atoms with E-state index in [9.17, 15) is 15.6 Å². The summed E-state index contributed by atoms with van der Waals surface area (Å²) in [5.41, 5.74) is 2.57. The van der Waals surface area contributed by atoms with Crippen LogP contribution in [0.4, 0.5) is 17.5 Å². The zero-order valence-electron chi connectivity index (χ0n) is 18.0. The summed E-state index contributed by atoms with van der Waals surface area (Å²) < 4.78 is 1.45. The Morgan fingerprint density at radius 3 is 2.73 bits per heavy atom. The summed E-state index contributed by atoms with van der Waals surface area (Å²) in [7, 11) is 0. The molecule has 10 nitrogen and oxygen atoms in total.